The number of likely N-dealkylation sites (N-methyl/N-ethyl adjacent to an activating group) is 1. The van der Waals surface area contributed by atoms with Crippen molar-refractivity contribution >= 4 is 6.09 Å². The van der Waals surface area contributed by atoms with Gasteiger partial charge in [0, 0.05) is 38.8 Å². The Hall–Kier alpha value is -0.810. The van der Waals surface area contributed by atoms with Crippen LogP contribution in [0.4, 0.5) is 4.79 Å². The number of hydrogen-bond acceptors (Lipinski definition) is 4. The molecule has 0 saturated carbocycles. The normalized spacial score (nSPS) is 17.3. The van der Waals surface area contributed by atoms with Crippen LogP contribution < -0.4 is 0 Å². The van der Waals surface area contributed by atoms with Crippen molar-refractivity contribution in [3.63, 3.8) is 0 Å². The van der Waals surface area contributed by atoms with Crippen molar-refractivity contribution in [3.05, 3.63) is 0 Å². The van der Waals surface area contributed by atoms with Crippen LogP contribution in [0.1, 0.15) is 27.7 Å². The quantitative estimate of drug-likeness (QED) is 0.733. The van der Waals surface area contributed by atoms with Crippen LogP contribution >= 0.6 is 0 Å². The predicted molar refractivity (Wildman–Crippen MR) is 77.4 cm³/mol. The van der Waals surface area contributed by atoms with Crippen molar-refractivity contribution in [2.24, 2.45) is 0 Å². The van der Waals surface area contributed by atoms with Crippen LogP contribution in [-0.4, -0.2) is 79.3 Å². The van der Waals surface area contributed by atoms with E-state index in [2.05, 4.69) is 37.5 Å². The van der Waals surface area contributed by atoms with Crippen molar-refractivity contribution in [1.29, 1.82) is 0 Å². The van der Waals surface area contributed by atoms with Gasteiger partial charge < -0.3 is 14.5 Å². The Bertz CT molecular complexity index is 259. The van der Waals surface area contributed by atoms with Gasteiger partial charge in [-0.1, -0.05) is 13.8 Å². The van der Waals surface area contributed by atoms with E-state index in [-0.39, 0.29) is 6.09 Å². The van der Waals surface area contributed by atoms with Crippen LogP contribution in [0.3, 0.4) is 0 Å². The fourth-order valence-corrected chi connectivity index (χ4v) is 2.31. The highest BCUT2D eigenvalue weighted by Gasteiger charge is 2.23. The van der Waals surface area contributed by atoms with Crippen molar-refractivity contribution < 1.29 is 9.53 Å². The molecule has 0 aromatic heterocycles. The van der Waals surface area contributed by atoms with E-state index in [0.717, 1.165) is 45.8 Å². The van der Waals surface area contributed by atoms with E-state index in [0.29, 0.717) is 12.6 Å². The Kier molecular flexibility index (Phi) is 7.16. The summed E-state index contributed by atoms with van der Waals surface area (Å²) in [5.74, 6) is 0. The molecule has 1 heterocycles. The lowest BCUT2D eigenvalue weighted by Crippen LogP contribution is -2.51. The molecular weight excluding hydrogens is 242 g/mol. The Morgan fingerprint density at radius 2 is 1.74 bits per heavy atom. The molecule has 0 bridgehead atoms. The van der Waals surface area contributed by atoms with Crippen LogP contribution in [0.2, 0.25) is 0 Å². The summed E-state index contributed by atoms with van der Waals surface area (Å²) in [6, 6.07) is 0.556. The maximum absolute atomic E-state index is 11.9. The Balaban J connectivity index is 2.21. The largest absolute Gasteiger partial charge is 0.448 e. The van der Waals surface area contributed by atoms with Crippen LogP contribution in [0, 0.1) is 0 Å². The molecule has 0 aliphatic carbocycles. The molecule has 1 aliphatic heterocycles. The number of ether oxygens (including phenoxy) is 1. The van der Waals surface area contributed by atoms with Crippen LogP contribution in [0.5, 0.6) is 0 Å². The smallest absolute Gasteiger partial charge is 0.409 e. The van der Waals surface area contributed by atoms with Crippen LogP contribution in [0.15, 0.2) is 0 Å². The maximum atomic E-state index is 11.9. The van der Waals surface area contributed by atoms with Gasteiger partial charge in [0.2, 0.25) is 0 Å². The Morgan fingerprint density at radius 1 is 1.16 bits per heavy atom. The van der Waals surface area contributed by atoms with Gasteiger partial charge in [-0.2, -0.15) is 0 Å². The van der Waals surface area contributed by atoms with E-state index in [1.165, 1.54) is 0 Å². The summed E-state index contributed by atoms with van der Waals surface area (Å²) in [5, 5.41) is 0. The third-order valence-electron chi connectivity index (χ3n) is 3.83. The molecule has 0 atom stereocenters. The first-order valence-electron chi connectivity index (χ1n) is 7.46. The second-order valence-corrected chi connectivity index (χ2v) is 5.26. The first kappa shape index (κ1) is 16.2. The Labute approximate surface area is 117 Å². The van der Waals surface area contributed by atoms with Gasteiger partial charge in [-0.3, -0.25) is 4.90 Å². The van der Waals surface area contributed by atoms with Crippen LogP contribution in [0.25, 0.3) is 0 Å². The number of hydrogen-bond donors (Lipinski definition) is 0. The zero-order valence-corrected chi connectivity index (χ0v) is 12.9. The summed E-state index contributed by atoms with van der Waals surface area (Å²) >= 11 is 0. The first-order valence-corrected chi connectivity index (χ1v) is 7.46. The minimum Gasteiger partial charge on any atom is -0.448 e. The standard InChI is InChI=1S/C14H29N3O2/c1-5-15(6-2)11-12-19-14(18)17-9-7-16(8-10-17)13(3)4/h13H,5-12H2,1-4H3. The molecule has 1 fully saturated rings. The van der Waals surface area contributed by atoms with E-state index in [4.69, 9.17) is 4.74 Å². The first-order chi connectivity index (χ1) is 9.08. The summed E-state index contributed by atoms with van der Waals surface area (Å²) in [5.41, 5.74) is 0. The molecule has 0 N–H and O–H groups in total. The highest BCUT2D eigenvalue weighted by molar-refractivity contribution is 5.67. The third-order valence-corrected chi connectivity index (χ3v) is 3.83. The molecule has 19 heavy (non-hydrogen) atoms. The van der Waals surface area contributed by atoms with Crippen LogP contribution in [-0.2, 0) is 4.74 Å². The number of piperazine rings is 1. The second kappa shape index (κ2) is 8.38. The molecule has 0 radical (unpaired) electrons. The van der Waals surface area contributed by atoms with Gasteiger partial charge in [0.15, 0.2) is 0 Å². The monoisotopic (exact) mass is 271 g/mol. The highest BCUT2D eigenvalue weighted by atomic mass is 16.6. The molecule has 5 heteroatoms. The third kappa shape index (κ3) is 5.37. The zero-order valence-electron chi connectivity index (χ0n) is 12.9. The van der Waals surface area contributed by atoms with E-state index >= 15 is 0 Å². The summed E-state index contributed by atoms with van der Waals surface area (Å²) in [6.07, 6.45) is -0.157. The highest BCUT2D eigenvalue weighted by Crippen LogP contribution is 2.07. The van der Waals surface area contributed by atoms with E-state index in [9.17, 15) is 4.79 Å². The van der Waals surface area contributed by atoms with Gasteiger partial charge in [0.25, 0.3) is 0 Å². The molecule has 0 unspecified atom stereocenters. The van der Waals surface area contributed by atoms with Gasteiger partial charge in [-0.05, 0) is 26.9 Å². The average Bonchev–Trinajstić information content (AvgIpc) is 2.43. The lowest BCUT2D eigenvalue weighted by atomic mass is 10.2. The summed E-state index contributed by atoms with van der Waals surface area (Å²) in [7, 11) is 0. The van der Waals surface area contributed by atoms with Crippen molar-refractivity contribution in [1.82, 2.24) is 14.7 Å². The molecule has 1 amide bonds. The van der Waals surface area contributed by atoms with Gasteiger partial charge in [0.05, 0.1) is 0 Å². The number of carbonyl (C=O) groups excluding carboxylic acids is 1. The lowest BCUT2D eigenvalue weighted by Gasteiger charge is -2.36. The number of nitrogens with zero attached hydrogens (tertiary/aromatic N) is 3. The average molecular weight is 271 g/mol. The van der Waals surface area contributed by atoms with E-state index in [1.54, 1.807) is 0 Å². The molecular formula is C14H29N3O2. The Morgan fingerprint density at radius 3 is 2.21 bits per heavy atom. The molecule has 1 aliphatic rings. The van der Waals surface area contributed by atoms with Gasteiger partial charge in [0.1, 0.15) is 6.61 Å². The minimum absolute atomic E-state index is 0.157. The van der Waals surface area contributed by atoms with Crippen molar-refractivity contribution in [3.8, 4) is 0 Å². The lowest BCUT2D eigenvalue weighted by molar-refractivity contribution is 0.0627. The van der Waals surface area contributed by atoms with Crippen molar-refractivity contribution in [2.75, 3.05) is 52.4 Å². The minimum atomic E-state index is -0.157. The summed E-state index contributed by atoms with van der Waals surface area (Å²) < 4.78 is 5.34. The van der Waals surface area contributed by atoms with Gasteiger partial charge in [-0.25, -0.2) is 4.79 Å². The fourth-order valence-electron chi connectivity index (χ4n) is 2.31. The number of carbonyl (C=O) groups is 1. The second-order valence-electron chi connectivity index (χ2n) is 5.26. The number of rotatable bonds is 6. The molecule has 0 aromatic carbocycles. The fraction of sp³-hybridized carbons (Fsp3) is 0.929. The van der Waals surface area contributed by atoms with Gasteiger partial charge in [-0.15, -0.1) is 0 Å². The predicted octanol–water partition coefficient (Wildman–Crippen LogP) is 1.49. The van der Waals surface area contributed by atoms with Crippen molar-refractivity contribution in [2.45, 2.75) is 33.7 Å². The molecule has 0 spiro atoms. The number of amides is 1. The van der Waals surface area contributed by atoms with E-state index in [1.807, 2.05) is 4.90 Å². The molecule has 1 saturated heterocycles. The molecule has 5 nitrogen and oxygen atoms in total. The molecule has 0 aromatic rings. The molecule has 1 rings (SSSR count). The SMILES string of the molecule is CCN(CC)CCOC(=O)N1CCN(C(C)C)CC1. The zero-order chi connectivity index (χ0) is 14.3. The summed E-state index contributed by atoms with van der Waals surface area (Å²) in [4.78, 5) is 18.4. The maximum Gasteiger partial charge on any atom is 0.409 e. The molecule has 112 valence electrons. The van der Waals surface area contributed by atoms with E-state index < -0.39 is 0 Å². The summed E-state index contributed by atoms with van der Waals surface area (Å²) in [6.45, 7) is 15.4. The van der Waals surface area contributed by atoms with Gasteiger partial charge >= 0.3 is 6.09 Å². The topological polar surface area (TPSA) is 36.0 Å².